The number of rotatable bonds is 6. The Morgan fingerprint density at radius 1 is 1.47 bits per heavy atom. The van der Waals surface area contributed by atoms with Gasteiger partial charge in [-0.25, -0.2) is 0 Å². The zero-order chi connectivity index (χ0) is 11.5. The van der Waals surface area contributed by atoms with Gasteiger partial charge in [0.05, 0.1) is 5.54 Å². The number of nitrogens with two attached hydrogens (primary N) is 1. The number of likely N-dealkylation sites (N-methyl/N-ethyl adjacent to an activating group) is 1. The molecule has 3 heteroatoms. The van der Waals surface area contributed by atoms with Gasteiger partial charge in [-0.3, -0.25) is 4.79 Å². The predicted octanol–water partition coefficient (Wildman–Crippen LogP) is 1.76. The van der Waals surface area contributed by atoms with Crippen molar-refractivity contribution in [3.8, 4) is 0 Å². The predicted molar refractivity (Wildman–Crippen MR) is 62.5 cm³/mol. The van der Waals surface area contributed by atoms with Crippen LogP contribution in [0.3, 0.4) is 0 Å². The number of nitrogens with zero attached hydrogens (tertiary/aromatic N) is 1. The molecule has 0 heterocycles. The molecule has 1 saturated carbocycles. The van der Waals surface area contributed by atoms with Crippen LogP contribution in [0.1, 0.15) is 46.5 Å². The number of amides is 1. The van der Waals surface area contributed by atoms with Crippen LogP contribution in [0.4, 0.5) is 0 Å². The van der Waals surface area contributed by atoms with Gasteiger partial charge >= 0.3 is 0 Å². The molecule has 0 aromatic carbocycles. The molecule has 1 unspecified atom stereocenters. The molecule has 1 atom stereocenters. The third-order valence-corrected chi connectivity index (χ3v) is 3.34. The summed E-state index contributed by atoms with van der Waals surface area (Å²) < 4.78 is 0. The van der Waals surface area contributed by atoms with Crippen LogP contribution in [0.25, 0.3) is 0 Å². The number of carbonyl (C=O) groups excluding carboxylic acids is 1. The van der Waals surface area contributed by atoms with Crippen molar-refractivity contribution < 1.29 is 4.79 Å². The van der Waals surface area contributed by atoms with Crippen molar-refractivity contribution in [2.24, 2.45) is 11.7 Å². The van der Waals surface area contributed by atoms with E-state index < -0.39 is 5.54 Å². The van der Waals surface area contributed by atoms with Crippen molar-refractivity contribution in [2.45, 2.75) is 52.0 Å². The summed E-state index contributed by atoms with van der Waals surface area (Å²) in [5.41, 5.74) is 5.50. The van der Waals surface area contributed by atoms with Gasteiger partial charge in [-0.05, 0) is 39.0 Å². The molecule has 0 bridgehead atoms. The molecule has 3 nitrogen and oxygen atoms in total. The van der Waals surface area contributed by atoms with Crippen LogP contribution in [0.2, 0.25) is 0 Å². The summed E-state index contributed by atoms with van der Waals surface area (Å²) in [6.07, 6.45) is 4.42. The lowest BCUT2D eigenvalue weighted by Gasteiger charge is -2.31. The van der Waals surface area contributed by atoms with Crippen LogP contribution >= 0.6 is 0 Å². The Labute approximate surface area is 93.0 Å². The Morgan fingerprint density at radius 3 is 2.47 bits per heavy atom. The summed E-state index contributed by atoms with van der Waals surface area (Å²) in [4.78, 5) is 14.1. The van der Waals surface area contributed by atoms with Gasteiger partial charge in [0.1, 0.15) is 0 Å². The molecule has 1 amide bonds. The first-order valence-corrected chi connectivity index (χ1v) is 6.12. The van der Waals surface area contributed by atoms with Gasteiger partial charge in [0, 0.05) is 13.1 Å². The summed E-state index contributed by atoms with van der Waals surface area (Å²) >= 11 is 0. The highest BCUT2D eigenvalue weighted by Crippen LogP contribution is 2.38. The molecular weight excluding hydrogens is 188 g/mol. The zero-order valence-electron chi connectivity index (χ0n) is 10.3. The van der Waals surface area contributed by atoms with E-state index in [9.17, 15) is 4.79 Å². The van der Waals surface area contributed by atoms with E-state index in [0.29, 0.717) is 5.92 Å². The second kappa shape index (κ2) is 4.97. The van der Waals surface area contributed by atoms with E-state index in [2.05, 4.69) is 6.92 Å². The molecule has 0 aliphatic heterocycles. The molecule has 1 fully saturated rings. The van der Waals surface area contributed by atoms with Crippen molar-refractivity contribution in [1.29, 1.82) is 0 Å². The lowest BCUT2D eigenvalue weighted by atomic mass is 9.95. The van der Waals surface area contributed by atoms with E-state index in [4.69, 9.17) is 5.73 Å². The molecule has 1 aliphatic rings. The minimum atomic E-state index is -0.621. The highest BCUT2D eigenvalue weighted by molar-refractivity contribution is 5.86. The van der Waals surface area contributed by atoms with Crippen molar-refractivity contribution in [3.63, 3.8) is 0 Å². The summed E-state index contributed by atoms with van der Waals surface area (Å²) in [7, 11) is 0. The maximum absolute atomic E-state index is 12.2. The Hall–Kier alpha value is -0.570. The maximum atomic E-state index is 12.2. The summed E-state index contributed by atoms with van der Waals surface area (Å²) in [5.74, 6) is 0.557. The normalized spacial score (nSPS) is 19.7. The monoisotopic (exact) mass is 212 g/mol. The Balaban J connectivity index is 2.54. The van der Waals surface area contributed by atoms with Gasteiger partial charge in [-0.15, -0.1) is 0 Å². The number of carbonyl (C=O) groups is 1. The first-order chi connectivity index (χ1) is 7.04. The van der Waals surface area contributed by atoms with Gasteiger partial charge in [-0.2, -0.15) is 0 Å². The van der Waals surface area contributed by atoms with E-state index in [-0.39, 0.29) is 5.91 Å². The smallest absolute Gasteiger partial charge is 0.242 e. The number of unbranched alkanes of at least 4 members (excludes halogenated alkanes) is 1. The van der Waals surface area contributed by atoms with E-state index >= 15 is 0 Å². The van der Waals surface area contributed by atoms with Crippen LogP contribution in [0, 0.1) is 5.92 Å². The SMILES string of the molecule is CCCCN(CC)C(=O)C(C)(N)C1CC1. The van der Waals surface area contributed by atoms with E-state index in [1.54, 1.807) is 0 Å². The molecular formula is C12H24N2O. The van der Waals surface area contributed by atoms with Gasteiger partial charge in [0.2, 0.25) is 5.91 Å². The van der Waals surface area contributed by atoms with E-state index in [1.807, 2.05) is 18.7 Å². The van der Waals surface area contributed by atoms with Crippen LogP contribution in [0.5, 0.6) is 0 Å². The topological polar surface area (TPSA) is 46.3 Å². The third kappa shape index (κ3) is 2.94. The van der Waals surface area contributed by atoms with Crippen molar-refractivity contribution in [2.75, 3.05) is 13.1 Å². The lowest BCUT2D eigenvalue weighted by Crippen LogP contribution is -2.55. The maximum Gasteiger partial charge on any atom is 0.242 e. The largest absolute Gasteiger partial charge is 0.341 e. The van der Waals surface area contributed by atoms with Crippen molar-refractivity contribution in [3.05, 3.63) is 0 Å². The standard InChI is InChI=1S/C12H24N2O/c1-4-6-9-14(5-2)11(15)12(3,13)10-7-8-10/h10H,4-9,13H2,1-3H3. The van der Waals surface area contributed by atoms with Crippen LogP contribution in [-0.2, 0) is 4.79 Å². The van der Waals surface area contributed by atoms with Crippen LogP contribution in [0.15, 0.2) is 0 Å². The molecule has 15 heavy (non-hydrogen) atoms. The Kier molecular flexibility index (Phi) is 4.14. The number of hydrogen-bond acceptors (Lipinski definition) is 2. The molecule has 0 saturated heterocycles. The summed E-state index contributed by atoms with van der Waals surface area (Å²) in [5, 5.41) is 0. The second-order valence-electron chi connectivity index (χ2n) is 4.80. The molecule has 0 aromatic rings. The first-order valence-electron chi connectivity index (χ1n) is 6.12. The molecule has 0 radical (unpaired) electrons. The first kappa shape index (κ1) is 12.5. The highest BCUT2D eigenvalue weighted by Gasteiger charge is 2.45. The molecule has 0 spiro atoms. The second-order valence-corrected chi connectivity index (χ2v) is 4.80. The van der Waals surface area contributed by atoms with Gasteiger partial charge in [-0.1, -0.05) is 13.3 Å². The molecule has 88 valence electrons. The summed E-state index contributed by atoms with van der Waals surface area (Å²) in [6.45, 7) is 7.68. The highest BCUT2D eigenvalue weighted by atomic mass is 16.2. The van der Waals surface area contributed by atoms with Gasteiger partial charge in [0.25, 0.3) is 0 Å². The van der Waals surface area contributed by atoms with E-state index in [1.165, 1.54) is 0 Å². The Morgan fingerprint density at radius 2 is 2.07 bits per heavy atom. The zero-order valence-corrected chi connectivity index (χ0v) is 10.3. The molecule has 2 N–H and O–H groups in total. The average molecular weight is 212 g/mol. The minimum Gasteiger partial charge on any atom is -0.341 e. The average Bonchev–Trinajstić information content (AvgIpc) is 3.02. The lowest BCUT2D eigenvalue weighted by molar-refractivity contribution is -0.137. The number of hydrogen-bond donors (Lipinski definition) is 1. The fraction of sp³-hybridized carbons (Fsp3) is 0.917. The van der Waals surface area contributed by atoms with Crippen LogP contribution in [-0.4, -0.2) is 29.4 Å². The fourth-order valence-corrected chi connectivity index (χ4v) is 1.95. The van der Waals surface area contributed by atoms with Gasteiger partial charge in [0.15, 0.2) is 0 Å². The quantitative estimate of drug-likeness (QED) is 0.729. The molecule has 1 aliphatic carbocycles. The van der Waals surface area contributed by atoms with Gasteiger partial charge < -0.3 is 10.6 Å². The molecule has 1 rings (SSSR count). The van der Waals surface area contributed by atoms with E-state index in [0.717, 1.165) is 38.8 Å². The van der Waals surface area contributed by atoms with Crippen LogP contribution < -0.4 is 5.73 Å². The van der Waals surface area contributed by atoms with Crippen molar-refractivity contribution in [1.82, 2.24) is 4.90 Å². The molecule has 0 aromatic heterocycles. The Bertz CT molecular complexity index is 222. The minimum absolute atomic E-state index is 0.140. The van der Waals surface area contributed by atoms with Crippen molar-refractivity contribution >= 4 is 5.91 Å². The third-order valence-electron chi connectivity index (χ3n) is 3.34. The fourth-order valence-electron chi connectivity index (χ4n) is 1.95. The summed E-state index contributed by atoms with van der Waals surface area (Å²) in [6, 6.07) is 0.